The molecular formula is C19H21FN4O2. The maximum Gasteiger partial charge on any atom is 0.283 e. The molecule has 3 N–H and O–H groups in total. The number of benzene rings is 1. The van der Waals surface area contributed by atoms with Crippen LogP contribution in [0.4, 0.5) is 4.39 Å². The highest BCUT2D eigenvalue weighted by atomic mass is 19.1. The average Bonchev–Trinajstić information content (AvgIpc) is 3.01. The number of hydrogen-bond donors (Lipinski definition) is 2. The smallest absolute Gasteiger partial charge is 0.283 e. The van der Waals surface area contributed by atoms with Crippen LogP contribution in [0.1, 0.15) is 18.4 Å². The Morgan fingerprint density at radius 2 is 2.27 bits per heavy atom. The van der Waals surface area contributed by atoms with Gasteiger partial charge in [-0.3, -0.25) is 0 Å². The van der Waals surface area contributed by atoms with Crippen LogP contribution in [-0.2, 0) is 10.3 Å². The summed E-state index contributed by atoms with van der Waals surface area (Å²) in [6.45, 7) is 1.21. The van der Waals surface area contributed by atoms with Crippen LogP contribution in [0.5, 0.6) is 5.75 Å². The molecule has 136 valence electrons. The number of nitrogens with zero attached hydrogens (tertiary/aromatic N) is 2. The van der Waals surface area contributed by atoms with E-state index in [4.69, 9.17) is 15.2 Å². The normalized spacial score (nSPS) is 23.9. The zero-order chi connectivity index (χ0) is 18.1. The number of pyridine rings is 1. The molecule has 2 aromatic rings. The Bertz CT molecular complexity index is 857. The van der Waals surface area contributed by atoms with E-state index in [1.54, 1.807) is 12.1 Å². The van der Waals surface area contributed by atoms with Crippen molar-refractivity contribution >= 4 is 6.02 Å². The van der Waals surface area contributed by atoms with Gasteiger partial charge in [0, 0.05) is 23.7 Å². The third kappa shape index (κ3) is 2.88. The van der Waals surface area contributed by atoms with Gasteiger partial charge in [0.05, 0.1) is 0 Å². The third-order valence-corrected chi connectivity index (χ3v) is 4.91. The van der Waals surface area contributed by atoms with Gasteiger partial charge in [-0.25, -0.2) is 9.98 Å². The Morgan fingerprint density at radius 3 is 3.00 bits per heavy atom. The minimum Gasteiger partial charge on any atom is -0.490 e. The van der Waals surface area contributed by atoms with E-state index in [2.05, 4.69) is 15.3 Å². The van der Waals surface area contributed by atoms with Crippen molar-refractivity contribution in [3.8, 4) is 16.9 Å². The molecule has 0 radical (unpaired) electrons. The minimum atomic E-state index is -0.592. The van der Waals surface area contributed by atoms with Crippen molar-refractivity contribution in [3.05, 3.63) is 48.0 Å². The van der Waals surface area contributed by atoms with Crippen LogP contribution in [0.25, 0.3) is 11.1 Å². The summed E-state index contributed by atoms with van der Waals surface area (Å²) in [5.41, 5.74) is 7.27. The molecule has 1 aromatic carbocycles. The van der Waals surface area contributed by atoms with Crippen LogP contribution in [0, 0.1) is 5.95 Å². The number of nitrogens with one attached hydrogen (secondary N) is 1. The van der Waals surface area contributed by atoms with E-state index in [0.717, 1.165) is 29.8 Å². The Balaban J connectivity index is 1.78. The fourth-order valence-electron chi connectivity index (χ4n) is 3.65. The highest BCUT2D eigenvalue weighted by Crippen LogP contribution is 2.46. The van der Waals surface area contributed by atoms with Crippen molar-refractivity contribution in [2.45, 2.75) is 24.5 Å². The number of halogens is 1. The van der Waals surface area contributed by atoms with E-state index in [1.807, 2.05) is 25.2 Å². The van der Waals surface area contributed by atoms with Crippen LogP contribution in [-0.4, -0.2) is 37.3 Å². The van der Waals surface area contributed by atoms with E-state index < -0.39 is 11.5 Å². The summed E-state index contributed by atoms with van der Waals surface area (Å²) in [5.74, 6) is 0.239. The molecule has 2 atom stereocenters. The van der Waals surface area contributed by atoms with Crippen molar-refractivity contribution in [1.29, 1.82) is 0 Å². The lowest BCUT2D eigenvalue weighted by Gasteiger charge is -2.37. The summed E-state index contributed by atoms with van der Waals surface area (Å²) in [6.07, 6.45) is 2.96. The molecule has 1 aromatic heterocycles. The Labute approximate surface area is 151 Å². The number of rotatable bonds is 4. The second kappa shape index (κ2) is 6.57. The van der Waals surface area contributed by atoms with Crippen LogP contribution in [0.2, 0.25) is 0 Å². The first-order valence-electron chi connectivity index (χ1n) is 8.66. The molecule has 0 bridgehead atoms. The van der Waals surface area contributed by atoms with Gasteiger partial charge in [-0.05, 0) is 49.8 Å². The number of hydrogen-bond acceptors (Lipinski definition) is 6. The van der Waals surface area contributed by atoms with Crippen LogP contribution in [0.15, 0.2) is 41.5 Å². The molecular weight excluding hydrogens is 335 g/mol. The molecule has 6 nitrogen and oxygen atoms in total. The van der Waals surface area contributed by atoms with Crippen molar-refractivity contribution in [1.82, 2.24) is 10.3 Å². The van der Waals surface area contributed by atoms with Crippen molar-refractivity contribution < 1.29 is 13.9 Å². The number of aliphatic imine (C=N–C) groups is 1. The summed E-state index contributed by atoms with van der Waals surface area (Å²) in [6, 6.07) is 9.23. The number of ether oxygens (including phenoxy) is 2. The topological polar surface area (TPSA) is 81.8 Å². The first kappa shape index (κ1) is 16.8. The highest BCUT2D eigenvalue weighted by Gasteiger charge is 2.46. The molecule has 3 heterocycles. The zero-order valence-electron chi connectivity index (χ0n) is 14.5. The second-order valence-electron chi connectivity index (χ2n) is 6.66. The quantitative estimate of drug-likeness (QED) is 0.821. The van der Waals surface area contributed by atoms with E-state index in [0.29, 0.717) is 18.6 Å². The monoisotopic (exact) mass is 356 g/mol. The number of amidine groups is 1. The van der Waals surface area contributed by atoms with Gasteiger partial charge in [-0.2, -0.15) is 4.39 Å². The SMILES string of the molecule is CNCC[C@H]1CC2(COC(N)=N2)c2cc(-c3cccnc3F)ccc2O1. The van der Waals surface area contributed by atoms with Crippen LogP contribution < -0.4 is 15.8 Å². The molecule has 0 fully saturated rings. The zero-order valence-corrected chi connectivity index (χ0v) is 14.5. The van der Waals surface area contributed by atoms with Crippen LogP contribution in [0.3, 0.4) is 0 Å². The Kier molecular flexibility index (Phi) is 4.24. The Morgan fingerprint density at radius 1 is 1.38 bits per heavy atom. The van der Waals surface area contributed by atoms with Gasteiger partial charge < -0.3 is 20.5 Å². The maximum atomic E-state index is 14.1. The van der Waals surface area contributed by atoms with Crippen molar-refractivity contribution in [3.63, 3.8) is 0 Å². The predicted molar refractivity (Wildman–Crippen MR) is 96.5 cm³/mol. The first-order valence-corrected chi connectivity index (χ1v) is 8.66. The molecule has 1 spiro atoms. The molecule has 0 saturated heterocycles. The molecule has 7 heteroatoms. The standard InChI is InChI=1S/C19H21FN4O2/c1-22-8-6-13-10-19(11-25-18(21)24-19)15-9-12(4-5-16(15)26-13)14-3-2-7-23-17(14)20/h2-5,7,9,13,22H,6,8,10-11H2,1H3,(H2,21,24)/t13-,19?/m0/s1. The predicted octanol–water partition coefficient (Wildman–Crippen LogP) is 2.19. The van der Waals surface area contributed by atoms with Crippen LogP contribution >= 0.6 is 0 Å². The number of aromatic nitrogens is 1. The van der Waals surface area contributed by atoms with Crippen molar-refractivity contribution in [2.24, 2.45) is 10.7 Å². The summed E-state index contributed by atoms with van der Waals surface area (Å²) in [7, 11) is 1.91. The van der Waals surface area contributed by atoms with E-state index in [1.165, 1.54) is 6.20 Å². The molecule has 0 aliphatic carbocycles. The second-order valence-corrected chi connectivity index (χ2v) is 6.66. The lowest BCUT2D eigenvalue weighted by molar-refractivity contribution is 0.101. The van der Waals surface area contributed by atoms with E-state index in [9.17, 15) is 4.39 Å². The largest absolute Gasteiger partial charge is 0.490 e. The Hall–Kier alpha value is -2.67. The lowest BCUT2D eigenvalue weighted by Crippen LogP contribution is -2.39. The molecule has 1 unspecified atom stereocenters. The molecule has 0 saturated carbocycles. The van der Waals surface area contributed by atoms with Gasteiger partial charge in [0.2, 0.25) is 5.95 Å². The minimum absolute atomic E-state index is 0.00850. The van der Waals surface area contributed by atoms with Gasteiger partial charge in [-0.1, -0.05) is 6.07 Å². The highest BCUT2D eigenvalue weighted by molar-refractivity contribution is 5.75. The van der Waals surface area contributed by atoms with Crippen molar-refractivity contribution in [2.75, 3.05) is 20.2 Å². The summed E-state index contributed by atoms with van der Waals surface area (Å²) in [4.78, 5) is 8.34. The molecule has 26 heavy (non-hydrogen) atoms. The number of nitrogens with two attached hydrogens (primary N) is 1. The van der Waals surface area contributed by atoms with E-state index in [-0.39, 0.29) is 12.1 Å². The van der Waals surface area contributed by atoms with Gasteiger partial charge in [0.25, 0.3) is 6.02 Å². The fraction of sp³-hybridized carbons (Fsp3) is 0.368. The fourth-order valence-corrected chi connectivity index (χ4v) is 3.65. The molecule has 2 aliphatic rings. The molecule has 2 aliphatic heterocycles. The average molecular weight is 356 g/mol. The van der Waals surface area contributed by atoms with Gasteiger partial charge in [-0.15, -0.1) is 0 Å². The third-order valence-electron chi connectivity index (χ3n) is 4.91. The first-order chi connectivity index (χ1) is 12.6. The van der Waals surface area contributed by atoms with Gasteiger partial charge in [0.1, 0.15) is 24.0 Å². The molecule has 0 amide bonds. The van der Waals surface area contributed by atoms with Gasteiger partial charge >= 0.3 is 0 Å². The van der Waals surface area contributed by atoms with Gasteiger partial charge in [0.15, 0.2) is 0 Å². The number of fused-ring (bicyclic) bond motifs is 2. The summed E-state index contributed by atoms with van der Waals surface area (Å²) < 4.78 is 25.8. The molecule has 4 rings (SSSR count). The maximum absolute atomic E-state index is 14.1. The summed E-state index contributed by atoms with van der Waals surface area (Å²) in [5, 5.41) is 3.14. The van der Waals surface area contributed by atoms with E-state index >= 15 is 0 Å². The lowest BCUT2D eigenvalue weighted by atomic mass is 9.81. The summed E-state index contributed by atoms with van der Waals surface area (Å²) >= 11 is 0.